The van der Waals surface area contributed by atoms with Crippen molar-refractivity contribution in [3.8, 4) is 0 Å². The summed E-state index contributed by atoms with van der Waals surface area (Å²) in [7, 11) is 0. The zero-order chi connectivity index (χ0) is 51.5. The molecule has 0 rings (SSSR count). The third-order valence-corrected chi connectivity index (χ3v) is 12.9. The number of carbonyl (C=O) groups is 1. The average molecular weight is 984 g/mol. The van der Waals surface area contributed by atoms with E-state index in [0.717, 1.165) is 83.5 Å². The zero-order valence-corrected chi connectivity index (χ0v) is 47.2. The first-order valence-corrected chi connectivity index (χ1v) is 30.5. The van der Waals surface area contributed by atoms with Crippen LogP contribution in [0.2, 0.25) is 0 Å². The molecule has 0 bridgehead atoms. The third kappa shape index (κ3) is 73.5. The molecule has 3 heteroatoms. The van der Waals surface area contributed by atoms with Gasteiger partial charge in [-0.2, -0.15) is 0 Å². The topological polar surface area (TPSA) is 57.5 Å². The highest BCUT2D eigenvalue weighted by Crippen LogP contribution is 2.16. The monoisotopic (exact) mass is 983 g/mol. The summed E-state index contributed by atoms with van der Waals surface area (Å²) in [5.41, 5.74) is 0. The summed E-state index contributed by atoms with van der Waals surface area (Å²) in [6.07, 6.45) is 100. The van der Waals surface area contributed by atoms with Crippen LogP contribution in [0.1, 0.15) is 296 Å². The van der Waals surface area contributed by atoms with Gasteiger partial charge in [0.25, 0.3) is 0 Å². The van der Waals surface area contributed by atoms with E-state index in [9.17, 15) is 4.79 Å². The van der Waals surface area contributed by atoms with Crippen molar-refractivity contribution in [2.45, 2.75) is 296 Å². The second-order valence-electron chi connectivity index (χ2n) is 19.8. The van der Waals surface area contributed by atoms with E-state index in [1.54, 1.807) is 0 Å². The number of aliphatic carboxylic acids is 1. The van der Waals surface area contributed by atoms with Crippen molar-refractivity contribution < 1.29 is 15.0 Å². The fourth-order valence-electron chi connectivity index (χ4n) is 8.42. The maximum absolute atomic E-state index is 10.5. The molecule has 0 aromatic heterocycles. The van der Waals surface area contributed by atoms with Crippen LogP contribution in [0.5, 0.6) is 0 Å². The first kappa shape index (κ1) is 69.9. The lowest BCUT2D eigenvalue weighted by Gasteiger charge is -2.03. The summed E-state index contributed by atoms with van der Waals surface area (Å²) < 4.78 is 0. The van der Waals surface area contributed by atoms with Gasteiger partial charge in [-0.15, -0.1) is 0 Å². The number of rotatable bonds is 54. The van der Waals surface area contributed by atoms with Gasteiger partial charge in [0.2, 0.25) is 0 Å². The van der Waals surface area contributed by atoms with Crippen molar-refractivity contribution in [3.63, 3.8) is 0 Å². The number of carboxylic acid groups (broad SMARTS) is 1. The summed E-state index contributed by atoms with van der Waals surface area (Å²) in [6, 6.07) is 0. The smallest absolute Gasteiger partial charge is 0.303 e. The van der Waals surface area contributed by atoms with Crippen molar-refractivity contribution in [1.82, 2.24) is 0 Å². The molecule has 0 unspecified atom stereocenters. The first-order valence-electron chi connectivity index (χ1n) is 30.5. The largest absolute Gasteiger partial charge is 0.481 e. The van der Waals surface area contributed by atoms with E-state index >= 15 is 0 Å². The predicted octanol–water partition coefficient (Wildman–Crippen LogP) is 22.8. The number of hydrogen-bond donors (Lipinski definition) is 2. The van der Waals surface area contributed by atoms with Crippen molar-refractivity contribution in [1.29, 1.82) is 0 Å². The van der Waals surface area contributed by atoms with E-state index in [0.29, 0.717) is 13.0 Å². The van der Waals surface area contributed by atoms with Gasteiger partial charge in [-0.1, -0.05) is 309 Å². The number of aliphatic hydroxyl groups is 1. The van der Waals surface area contributed by atoms with Gasteiger partial charge in [0.05, 0.1) is 0 Å². The van der Waals surface area contributed by atoms with Crippen LogP contribution in [-0.2, 0) is 4.79 Å². The van der Waals surface area contributed by atoms with E-state index in [1.807, 2.05) is 0 Å². The van der Waals surface area contributed by atoms with Gasteiger partial charge in [-0.3, -0.25) is 4.79 Å². The molecule has 0 aromatic rings. The summed E-state index contributed by atoms with van der Waals surface area (Å²) in [4.78, 5) is 10.5. The van der Waals surface area contributed by atoms with Crippen molar-refractivity contribution in [2.75, 3.05) is 6.61 Å². The minimum Gasteiger partial charge on any atom is -0.481 e. The van der Waals surface area contributed by atoms with Gasteiger partial charge >= 0.3 is 5.97 Å². The molecule has 2 N–H and O–H groups in total. The molecular weight excluding hydrogens is 865 g/mol. The van der Waals surface area contributed by atoms with Gasteiger partial charge in [0.15, 0.2) is 0 Å². The van der Waals surface area contributed by atoms with Crippen LogP contribution < -0.4 is 0 Å². The van der Waals surface area contributed by atoms with E-state index in [-0.39, 0.29) is 0 Å². The highest BCUT2D eigenvalue weighted by Gasteiger charge is 1.98. The molecule has 71 heavy (non-hydrogen) atoms. The molecule has 0 saturated heterocycles. The number of carboxylic acids is 1. The second kappa shape index (κ2) is 68.9. The summed E-state index contributed by atoms with van der Waals surface area (Å²) in [5, 5.41) is 17.4. The molecule has 0 aliphatic carbocycles. The molecule has 3 nitrogen and oxygen atoms in total. The van der Waals surface area contributed by atoms with Crippen LogP contribution in [0, 0.1) is 0 Å². The molecule has 0 heterocycles. The lowest BCUT2D eigenvalue weighted by Crippen LogP contribution is -1.93. The number of hydrogen-bond acceptors (Lipinski definition) is 2. The van der Waals surface area contributed by atoms with Gasteiger partial charge < -0.3 is 10.2 Å². The van der Waals surface area contributed by atoms with Crippen LogP contribution in [-0.4, -0.2) is 22.8 Å². The normalized spacial score (nSPS) is 12.5. The summed E-state index contributed by atoms with van der Waals surface area (Å²) in [6.45, 7) is 4.71. The maximum Gasteiger partial charge on any atom is 0.303 e. The zero-order valence-electron chi connectivity index (χ0n) is 47.2. The van der Waals surface area contributed by atoms with E-state index in [4.69, 9.17) is 10.2 Å². The number of unbranched alkanes of at least 4 members (excludes halogenated alkanes) is 31. The van der Waals surface area contributed by atoms with Crippen LogP contribution in [0.15, 0.2) is 122 Å². The van der Waals surface area contributed by atoms with Crippen molar-refractivity contribution in [3.05, 3.63) is 122 Å². The molecule has 0 atom stereocenters. The average Bonchev–Trinajstić information content (AvgIpc) is 3.37. The Morgan fingerprint density at radius 2 is 0.437 bits per heavy atom. The van der Waals surface area contributed by atoms with Gasteiger partial charge in [-0.25, -0.2) is 0 Å². The quantitative estimate of drug-likeness (QED) is 0.0472. The fourth-order valence-corrected chi connectivity index (χ4v) is 8.42. The fraction of sp³-hybridized carbons (Fsp3) is 0.691. The van der Waals surface area contributed by atoms with Crippen molar-refractivity contribution >= 4 is 5.97 Å². The highest BCUT2D eigenvalue weighted by atomic mass is 16.4. The summed E-state index contributed by atoms with van der Waals surface area (Å²) >= 11 is 0. The molecule has 408 valence electrons. The SMILES string of the molecule is CC/C=C\C/C=C\C/C=C\C/C=C\C/C=C\CCCCCCCCCCCCCCCCCC(=O)O.CC/C=C\C/C=C\C/C=C\C/C=C\C/C=C\CCCCCCCCCCCCCCCCCCO. The molecule has 0 saturated carbocycles. The highest BCUT2D eigenvalue weighted by molar-refractivity contribution is 5.66. The van der Waals surface area contributed by atoms with Gasteiger partial charge in [0, 0.05) is 13.0 Å². The Bertz CT molecular complexity index is 1320. The molecule has 0 aromatic carbocycles. The Morgan fingerprint density at radius 3 is 0.648 bits per heavy atom. The lowest BCUT2D eigenvalue weighted by atomic mass is 10.0. The summed E-state index contributed by atoms with van der Waals surface area (Å²) in [5.74, 6) is -0.656. The predicted molar refractivity (Wildman–Crippen MR) is 321 cm³/mol. The van der Waals surface area contributed by atoms with E-state index in [2.05, 4.69) is 135 Å². The minimum atomic E-state index is -0.656. The Balaban J connectivity index is 0. The molecular formula is C68H118O3. The maximum atomic E-state index is 10.5. The lowest BCUT2D eigenvalue weighted by molar-refractivity contribution is -0.137. The second-order valence-corrected chi connectivity index (χ2v) is 19.8. The third-order valence-electron chi connectivity index (χ3n) is 12.9. The molecule has 0 aliphatic rings. The standard InChI is InChI=1S/C34H58O2.C34H60O/c1-2-3-4-5-6-7-8-9-10-11-12-13-14-15-16-17-18-19-20-21-22-23-24-25-26-27-28-29-30-31-32-33-34(35)36;1-2-3-4-5-6-7-8-9-10-11-12-13-14-15-16-17-18-19-20-21-22-23-24-25-26-27-28-29-30-31-32-33-34-35/h3-4,6-7,9-10,12-13,15-16H,2,5,8,11,14,17-33H2,1H3,(H,35,36);3-4,6-7,9-10,12-13,15-16,35H,2,5,8,11,14,17-34H2,1H3/b2*4-3-,7-6-,10-9-,13-12-,16-15-. The van der Waals surface area contributed by atoms with Crippen LogP contribution in [0.3, 0.4) is 0 Å². The van der Waals surface area contributed by atoms with Crippen molar-refractivity contribution in [2.24, 2.45) is 0 Å². The Morgan fingerprint density at radius 1 is 0.254 bits per heavy atom. The molecule has 0 fully saturated rings. The Kier molecular flexibility index (Phi) is 67.8. The molecule has 0 radical (unpaired) electrons. The Hall–Kier alpha value is -3.17. The van der Waals surface area contributed by atoms with Gasteiger partial charge in [-0.05, 0) is 103 Å². The molecule has 0 aliphatic heterocycles. The van der Waals surface area contributed by atoms with Gasteiger partial charge in [0.1, 0.15) is 0 Å². The molecule has 0 spiro atoms. The Labute approximate surface area is 443 Å². The van der Waals surface area contributed by atoms with E-state index in [1.165, 1.54) is 193 Å². The van der Waals surface area contributed by atoms with Crippen LogP contribution in [0.4, 0.5) is 0 Å². The first-order chi connectivity index (χ1) is 35.2. The number of aliphatic hydroxyl groups excluding tert-OH is 1. The van der Waals surface area contributed by atoms with Crippen LogP contribution >= 0.6 is 0 Å². The number of allylic oxidation sites excluding steroid dienone is 20. The van der Waals surface area contributed by atoms with Crippen LogP contribution in [0.25, 0.3) is 0 Å². The molecule has 0 amide bonds. The minimum absolute atomic E-state index is 0.338. The van der Waals surface area contributed by atoms with E-state index < -0.39 is 5.97 Å².